The van der Waals surface area contributed by atoms with E-state index >= 15 is 0 Å². The number of nitrogens with zero attached hydrogens (tertiary/aromatic N) is 3. The topological polar surface area (TPSA) is 14.8 Å². The maximum Gasteiger partial charge on any atom is 0.179 e. The van der Waals surface area contributed by atoms with Crippen molar-refractivity contribution < 1.29 is 0 Å². The van der Waals surface area contributed by atoms with Gasteiger partial charge in [0.15, 0.2) is 8.07 Å². The van der Waals surface area contributed by atoms with Crippen molar-refractivity contribution in [1.82, 2.24) is 13.7 Å². The minimum atomic E-state index is -2.67. The van der Waals surface area contributed by atoms with Crippen molar-refractivity contribution >= 4 is 94.2 Å². The molecule has 3 heterocycles. The van der Waals surface area contributed by atoms with E-state index < -0.39 is 8.07 Å². The molecule has 0 N–H and O–H groups in total. The summed E-state index contributed by atoms with van der Waals surface area (Å²) < 4.78 is 7.30. The molecule has 328 valence electrons. The first-order chi connectivity index (χ1) is 34.7. The van der Waals surface area contributed by atoms with Gasteiger partial charge in [-0.3, -0.25) is 0 Å². The Morgan fingerprint density at radius 2 is 0.543 bits per heavy atom. The molecule has 0 aliphatic carbocycles. The summed E-state index contributed by atoms with van der Waals surface area (Å²) in [6.07, 6.45) is 0. The van der Waals surface area contributed by atoms with Gasteiger partial charge in [0.2, 0.25) is 0 Å². The molecule has 0 fully saturated rings. The lowest BCUT2D eigenvalue weighted by Gasteiger charge is -2.34. The maximum atomic E-state index is 2.45. The van der Waals surface area contributed by atoms with Gasteiger partial charge in [0, 0.05) is 49.4 Å². The molecule has 0 aliphatic heterocycles. The third kappa shape index (κ3) is 6.07. The van der Waals surface area contributed by atoms with E-state index in [1.54, 1.807) is 0 Å². The summed E-state index contributed by atoms with van der Waals surface area (Å²) in [4.78, 5) is 0. The van der Waals surface area contributed by atoms with Gasteiger partial charge in [-0.1, -0.05) is 194 Å². The summed E-state index contributed by atoms with van der Waals surface area (Å²) in [5, 5.41) is 12.9. The first-order valence-corrected chi connectivity index (χ1v) is 26.2. The molecule has 0 radical (unpaired) electrons. The van der Waals surface area contributed by atoms with Crippen molar-refractivity contribution in [2.45, 2.75) is 0 Å². The summed E-state index contributed by atoms with van der Waals surface area (Å²) in [6, 6.07) is 101. The molecule has 0 bridgehead atoms. The highest BCUT2D eigenvalue weighted by molar-refractivity contribution is 7.19. The van der Waals surface area contributed by atoms with Crippen LogP contribution in [0.15, 0.2) is 273 Å². The fraction of sp³-hybridized carbons (Fsp3) is 0. The Labute approximate surface area is 407 Å². The van der Waals surface area contributed by atoms with Crippen LogP contribution in [-0.2, 0) is 0 Å². The Kier molecular flexibility index (Phi) is 9.23. The van der Waals surface area contributed by atoms with E-state index in [0.29, 0.717) is 0 Å². The largest absolute Gasteiger partial charge is 0.309 e. The van der Waals surface area contributed by atoms with Crippen molar-refractivity contribution in [2.75, 3.05) is 0 Å². The second kappa shape index (κ2) is 16.1. The predicted molar refractivity (Wildman–Crippen MR) is 299 cm³/mol. The van der Waals surface area contributed by atoms with Gasteiger partial charge in [0.25, 0.3) is 0 Å². The van der Waals surface area contributed by atoms with Gasteiger partial charge < -0.3 is 13.7 Å². The Balaban J connectivity index is 0.902. The normalized spacial score (nSPS) is 12.0. The molecule has 14 rings (SSSR count). The molecule has 11 aromatic carbocycles. The third-order valence-electron chi connectivity index (χ3n) is 14.8. The van der Waals surface area contributed by atoms with Gasteiger partial charge in [-0.15, -0.1) is 0 Å². The van der Waals surface area contributed by atoms with Crippen LogP contribution in [0.5, 0.6) is 0 Å². The van der Waals surface area contributed by atoms with Crippen LogP contribution in [0.2, 0.25) is 0 Å². The van der Waals surface area contributed by atoms with Crippen LogP contribution in [0.3, 0.4) is 0 Å². The molecule has 0 atom stereocenters. The Morgan fingerprint density at radius 3 is 1.10 bits per heavy atom. The second-order valence-corrected chi connectivity index (χ2v) is 22.3. The van der Waals surface area contributed by atoms with Crippen molar-refractivity contribution in [3.05, 3.63) is 273 Å². The van der Waals surface area contributed by atoms with Crippen molar-refractivity contribution in [1.29, 1.82) is 0 Å². The lowest BCUT2D eigenvalue weighted by Crippen LogP contribution is -2.74. The van der Waals surface area contributed by atoms with E-state index in [9.17, 15) is 0 Å². The number of rotatable bonds is 8. The average molecular weight is 908 g/mol. The molecular formula is C66H45N3Si. The van der Waals surface area contributed by atoms with Gasteiger partial charge in [0.1, 0.15) is 0 Å². The van der Waals surface area contributed by atoms with E-state index in [1.807, 2.05) is 0 Å². The van der Waals surface area contributed by atoms with E-state index in [4.69, 9.17) is 0 Å². The van der Waals surface area contributed by atoms with Crippen LogP contribution >= 0.6 is 0 Å². The lowest BCUT2D eigenvalue weighted by atomic mass is 10.0. The molecule has 0 unspecified atom stereocenters. The first-order valence-electron chi connectivity index (χ1n) is 24.2. The van der Waals surface area contributed by atoms with Gasteiger partial charge in [-0.05, 0) is 111 Å². The van der Waals surface area contributed by atoms with E-state index in [1.165, 1.54) is 97.3 Å². The van der Waals surface area contributed by atoms with Crippen LogP contribution < -0.4 is 20.7 Å². The molecule has 0 saturated heterocycles. The number of hydrogen-bond donors (Lipinski definition) is 0. The summed E-state index contributed by atoms with van der Waals surface area (Å²) >= 11 is 0. The Hall–Kier alpha value is -8.96. The number of para-hydroxylation sites is 4. The van der Waals surface area contributed by atoms with Crippen LogP contribution in [0.25, 0.3) is 93.6 Å². The van der Waals surface area contributed by atoms with Crippen molar-refractivity contribution in [2.24, 2.45) is 0 Å². The molecular weight excluding hydrogens is 863 g/mol. The molecule has 4 heteroatoms. The van der Waals surface area contributed by atoms with Gasteiger partial charge in [0.05, 0.1) is 33.1 Å². The van der Waals surface area contributed by atoms with E-state index in [0.717, 1.165) is 17.1 Å². The molecule has 0 aliphatic rings. The molecule has 0 saturated carbocycles. The van der Waals surface area contributed by atoms with Crippen LogP contribution in [0.4, 0.5) is 0 Å². The van der Waals surface area contributed by atoms with Crippen LogP contribution in [0, 0.1) is 0 Å². The zero-order valence-corrected chi connectivity index (χ0v) is 39.3. The van der Waals surface area contributed by atoms with Crippen molar-refractivity contribution in [3.8, 4) is 28.2 Å². The van der Waals surface area contributed by atoms with E-state index in [2.05, 4.69) is 287 Å². The second-order valence-electron chi connectivity index (χ2n) is 18.5. The van der Waals surface area contributed by atoms with Gasteiger partial charge in [-0.2, -0.15) is 0 Å². The third-order valence-corrected chi connectivity index (χ3v) is 19.6. The Morgan fingerprint density at radius 1 is 0.200 bits per heavy atom. The maximum absolute atomic E-state index is 2.67. The highest BCUT2D eigenvalue weighted by Crippen LogP contribution is 2.40. The Bertz CT molecular complexity index is 4170. The molecule has 3 nitrogen and oxygen atoms in total. The van der Waals surface area contributed by atoms with Crippen LogP contribution in [-0.4, -0.2) is 21.8 Å². The zero-order valence-electron chi connectivity index (χ0n) is 38.3. The molecule has 0 amide bonds. The minimum absolute atomic E-state index is 1.14. The van der Waals surface area contributed by atoms with Crippen molar-refractivity contribution in [3.63, 3.8) is 0 Å². The smallest absolute Gasteiger partial charge is 0.179 e. The fourth-order valence-electron chi connectivity index (χ4n) is 11.7. The van der Waals surface area contributed by atoms with E-state index in [-0.39, 0.29) is 0 Å². The van der Waals surface area contributed by atoms with Crippen LogP contribution in [0.1, 0.15) is 0 Å². The minimum Gasteiger partial charge on any atom is -0.309 e. The zero-order chi connectivity index (χ0) is 46.2. The van der Waals surface area contributed by atoms with Gasteiger partial charge in [-0.25, -0.2) is 0 Å². The number of benzene rings is 11. The average Bonchev–Trinajstić information content (AvgIpc) is 4.07. The highest BCUT2D eigenvalue weighted by atomic mass is 28.3. The standard InChI is InChI=1S/C66H45N3Si/c1-5-19-48(20-6-1)68-61-30-16-13-27-55(61)58-40-33-47(44-66(58)68)46-34-41-64-59(43-46)56-28-14-18-32-63(56)69(64)50-37-42-65-60(45-50)57-29-15-17-31-62(57)67(65)49-35-38-54(39-36-49)70(51-21-7-2-8-22-51,52-23-9-3-10-24-52)53-25-11-4-12-26-53/h1-45H. The number of aromatic nitrogens is 3. The predicted octanol–water partition coefficient (Wildman–Crippen LogP) is 14.0. The first kappa shape index (κ1) is 40.1. The number of fused-ring (bicyclic) bond motifs is 9. The summed E-state index contributed by atoms with van der Waals surface area (Å²) in [6.45, 7) is 0. The lowest BCUT2D eigenvalue weighted by molar-refractivity contribution is 1.17. The molecule has 0 spiro atoms. The molecule has 3 aromatic heterocycles. The summed E-state index contributed by atoms with van der Waals surface area (Å²) in [5.74, 6) is 0. The fourth-order valence-corrected chi connectivity index (χ4v) is 16.5. The highest BCUT2D eigenvalue weighted by Gasteiger charge is 2.41. The quantitative estimate of drug-likeness (QED) is 0.107. The van der Waals surface area contributed by atoms with Gasteiger partial charge >= 0.3 is 0 Å². The number of hydrogen-bond acceptors (Lipinski definition) is 0. The summed E-state index contributed by atoms with van der Waals surface area (Å²) in [7, 11) is -2.67. The summed E-state index contributed by atoms with van der Waals surface area (Å²) in [5.41, 5.74) is 13.0. The monoisotopic (exact) mass is 907 g/mol. The molecule has 70 heavy (non-hydrogen) atoms. The molecule has 14 aromatic rings. The SMILES string of the molecule is c1ccc(-n2c3ccccc3c3ccc(-c4ccc5c(c4)c4ccccc4n5-c4ccc5c(c4)c4ccccc4n5-c4ccc([Si](c5ccccc5)(c5ccccc5)c5ccccc5)cc4)cc32)cc1.